The summed E-state index contributed by atoms with van der Waals surface area (Å²) in [5.41, 5.74) is 8.15. The monoisotopic (exact) mass is 489 g/mol. The number of benzene rings is 2. The lowest BCUT2D eigenvalue weighted by Crippen LogP contribution is -2.68. The highest BCUT2D eigenvalue weighted by atomic mass is 35.5. The Bertz CT molecular complexity index is 1310. The number of Topliss-reactive ketones (excluding diaryl/α,β-unsaturated/α-hetero) is 1. The van der Waals surface area contributed by atoms with Gasteiger partial charge in [-0.3, -0.25) is 9.78 Å². The molecule has 3 aliphatic heterocycles. The number of hydrogen-bond acceptors (Lipinski definition) is 7. The second-order valence-corrected chi connectivity index (χ2v) is 9.77. The number of nitrogens with two attached hydrogens (primary N) is 1. The van der Waals surface area contributed by atoms with Gasteiger partial charge in [0.15, 0.2) is 5.78 Å². The Labute approximate surface area is 207 Å². The van der Waals surface area contributed by atoms with Crippen molar-refractivity contribution in [2.45, 2.75) is 24.5 Å². The zero-order valence-corrected chi connectivity index (χ0v) is 19.7. The van der Waals surface area contributed by atoms with Gasteiger partial charge in [-0.2, -0.15) is 0 Å². The molecule has 2 spiro atoms. The van der Waals surface area contributed by atoms with E-state index in [1.807, 2.05) is 36.4 Å². The Morgan fingerprint density at radius 2 is 1.89 bits per heavy atom. The lowest BCUT2D eigenvalue weighted by atomic mass is 9.59. The van der Waals surface area contributed by atoms with Crippen molar-refractivity contribution in [3.8, 4) is 5.75 Å². The van der Waals surface area contributed by atoms with Gasteiger partial charge >= 0.3 is 0 Å². The van der Waals surface area contributed by atoms with E-state index in [1.165, 1.54) is 11.8 Å². The molecular weight excluding hydrogens is 466 g/mol. The van der Waals surface area contributed by atoms with Gasteiger partial charge in [0, 0.05) is 24.6 Å². The van der Waals surface area contributed by atoms with Gasteiger partial charge in [0.2, 0.25) is 0 Å². The Kier molecular flexibility index (Phi) is 5.27. The number of aliphatic imine (C=N–C) groups is 1. The van der Waals surface area contributed by atoms with Crippen molar-refractivity contribution >= 4 is 23.4 Å². The molecule has 0 aliphatic carbocycles. The molecule has 1 aromatic heterocycles. The van der Waals surface area contributed by atoms with Crippen molar-refractivity contribution in [3.05, 3.63) is 94.3 Å². The summed E-state index contributed by atoms with van der Waals surface area (Å²) in [6.45, 7) is 1.28. The summed E-state index contributed by atoms with van der Waals surface area (Å²) in [7, 11) is 0. The largest absolute Gasteiger partial charge is 0.489 e. The highest BCUT2D eigenvalue weighted by Gasteiger charge is 2.67. The highest BCUT2D eigenvalue weighted by Crippen LogP contribution is 2.59. The summed E-state index contributed by atoms with van der Waals surface area (Å²) in [5, 5.41) is 0.490. The summed E-state index contributed by atoms with van der Waals surface area (Å²) in [4.78, 5) is 21.9. The quantitative estimate of drug-likeness (QED) is 0.549. The van der Waals surface area contributed by atoms with Crippen LogP contribution < -0.4 is 10.5 Å². The number of ether oxygens (including phenoxy) is 3. The summed E-state index contributed by atoms with van der Waals surface area (Å²) in [5.74, 6) is 0.632. The molecule has 0 radical (unpaired) electrons. The maximum absolute atomic E-state index is 12.9. The van der Waals surface area contributed by atoms with Crippen LogP contribution in [0.4, 0.5) is 0 Å². The van der Waals surface area contributed by atoms with Crippen LogP contribution in [0.2, 0.25) is 5.02 Å². The van der Waals surface area contributed by atoms with Gasteiger partial charge in [0.1, 0.15) is 29.7 Å². The molecule has 178 valence electrons. The van der Waals surface area contributed by atoms with Crippen LogP contribution in [0, 0.1) is 5.41 Å². The second kappa shape index (κ2) is 8.36. The van der Waals surface area contributed by atoms with Gasteiger partial charge in [-0.15, -0.1) is 0 Å². The third kappa shape index (κ3) is 3.58. The van der Waals surface area contributed by atoms with E-state index in [0.717, 1.165) is 16.9 Å². The number of ketones is 1. The smallest absolute Gasteiger partial charge is 0.283 e. The van der Waals surface area contributed by atoms with Crippen molar-refractivity contribution in [1.82, 2.24) is 4.98 Å². The first-order valence-corrected chi connectivity index (χ1v) is 11.9. The fourth-order valence-electron chi connectivity index (χ4n) is 5.37. The number of fused-ring (bicyclic) bond motifs is 3. The summed E-state index contributed by atoms with van der Waals surface area (Å²) >= 11 is 5.91. The zero-order valence-electron chi connectivity index (χ0n) is 18.9. The first-order chi connectivity index (χ1) is 17.0. The minimum absolute atomic E-state index is 0.0956. The minimum Gasteiger partial charge on any atom is -0.489 e. The standard InChI is InChI=1S/C27H24ClN3O4/c28-19-7-8-21(30-13-19)22(32)11-18-6-9-23-20(10-18)27(16-34-25(29)31-27)26(14-33-15-26)24(35-23)12-17-4-2-1-3-5-17/h1-10,13,24H,11-12,14-16H2,(H2,29,31). The molecule has 3 aromatic rings. The topological polar surface area (TPSA) is 96.0 Å². The Morgan fingerprint density at radius 1 is 1.06 bits per heavy atom. The highest BCUT2D eigenvalue weighted by molar-refractivity contribution is 6.30. The molecule has 3 aliphatic rings. The van der Waals surface area contributed by atoms with E-state index in [2.05, 4.69) is 17.1 Å². The van der Waals surface area contributed by atoms with Gasteiger partial charge in [-0.1, -0.05) is 48.0 Å². The van der Waals surface area contributed by atoms with Gasteiger partial charge < -0.3 is 19.9 Å². The van der Waals surface area contributed by atoms with Crippen LogP contribution in [0.1, 0.15) is 27.2 Å². The average Bonchev–Trinajstić information content (AvgIpc) is 3.22. The predicted octanol–water partition coefficient (Wildman–Crippen LogP) is 3.72. The van der Waals surface area contributed by atoms with Crippen LogP contribution in [0.15, 0.2) is 71.9 Å². The Morgan fingerprint density at radius 3 is 2.54 bits per heavy atom. The number of nitrogens with zero attached hydrogens (tertiary/aromatic N) is 2. The van der Waals surface area contributed by atoms with E-state index in [9.17, 15) is 4.79 Å². The van der Waals surface area contributed by atoms with E-state index in [0.29, 0.717) is 37.0 Å². The normalized spacial score (nSPS) is 23.7. The SMILES string of the molecule is NC1=NC2(CO1)c1cc(CC(=O)c3ccc(Cl)cn3)ccc1OC(Cc1ccccc1)C21COC1. The molecule has 6 rings (SSSR count). The average molecular weight is 490 g/mol. The molecule has 0 saturated carbocycles. The fourth-order valence-corrected chi connectivity index (χ4v) is 5.48. The number of hydrogen-bond donors (Lipinski definition) is 1. The van der Waals surface area contributed by atoms with Crippen molar-refractivity contribution in [3.63, 3.8) is 0 Å². The second-order valence-electron chi connectivity index (χ2n) is 9.34. The van der Waals surface area contributed by atoms with Crippen LogP contribution >= 0.6 is 11.6 Å². The summed E-state index contributed by atoms with van der Waals surface area (Å²) < 4.78 is 18.1. The molecule has 0 bridgehead atoms. The first-order valence-electron chi connectivity index (χ1n) is 11.5. The molecule has 2 atom stereocenters. The number of pyridine rings is 1. The van der Waals surface area contributed by atoms with Crippen LogP contribution in [0.25, 0.3) is 0 Å². The number of halogens is 1. The van der Waals surface area contributed by atoms with Crippen LogP contribution in [-0.4, -0.2) is 42.7 Å². The molecule has 35 heavy (non-hydrogen) atoms. The molecular formula is C27H24ClN3O4. The van der Waals surface area contributed by atoms with Gasteiger partial charge in [-0.05, 0) is 35.4 Å². The Balaban J connectivity index is 1.39. The van der Waals surface area contributed by atoms with Crippen molar-refractivity contribution in [1.29, 1.82) is 0 Å². The third-order valence-electron chi connectivity index (χ3n) is 7.29. The predicted molar refractivity (Wildman–Crippen MR) is 131 cm³/mol. The van der Waals surface area contributed by atoms with E-state index < -0.39 is 11.0 Å². The van der Waals surface area contributed by atoms with Gasteiger partial charge in [0.25, 0.3) is 6.02 Å². The van der Waals surface area contributed by atoms with Crippen molar-refractivity contribution in [2.75, 3.05) is 19.8 Å². The summed E-state index contributed by atoms with van der Waals surface area (Å²) in [6, 6.07) is 19.5. The van der Waals surface area contributed by atoms with Gasteiger partial charge in [-0.25, -0.2) is 4.99 Å². The molecule has 2 N–H and O–H groups in total. The number of amidine groups is 1. The lowest BCUT2D eigenvalue weighted by Gasteiger charge is -2.57. The van der Waals surface area contributed by atoms with Crippen molar-refractivity contribution in [2.24, 2.45) is 16.1 Å². The lowest BCUT2D eigenvalue weighted by molar-refractivity contribution is -0.215. The number of rotatable bonds is 5. The molecule has 2 aromatic carbocycles. The zero-order chi connectivity index (χ0) is 24.0. The van der Waals surface area contributed by atoms with E-state index >= 15 is 0 Å². The molecule has 0 amide bonds. The fraction of sp³-hybridized carbons (Fsp3) is 0.296. The van der Waals surface area contributed by atoms with Crippen LogP contribution in [-0.2, 0) is 27.9 Å². The Hall–Kier alpha value is -3.42. The van der Waals surface area contributed by atoms with Crippen LogP contribution in [0.3, 0.4) is 0 Å². The molecule has 1 saturated heterocycles. The first kappa shape index (κ1) is 22.1. The molecule has 4 heterocycles. The molecule has 7 nitrogen and oxygen atoms in total. The van der Waals surface area contributed by atoms with Crippen molar-refractivity contribution < 1.29 is 19.0 Å². The maximum atomic E-state index is 12.9. The van der Waals surface area contributed by atoms with Gasteiger partial charge in [0.05, 0.1) is 23.7 Å². The summed E-state index contributed by atoms with van der Waals surface area (Å²) in [6.07, 6.45) is 2.21. The number of carbonyl (C=O) groups is 1. The third-order valence-corrected chi connectivity index (χ3v) is 7.51. The number of aromatic nitrogens is 1. The maximum Gasteiger partial charge on any atom is 0.283 e. The minimum atomic E-state index is -0.750. The molecule has 8 heteroatoms. The van der Waals surface area contributed by atoms with Crippen LogP contribution in [0.5, 0.6) is 5.75 Å². The number of carbonyl (C=O) groups excluding carboxylic acids is 1. The van der Waals surface area contributed by atoms with E-state index in [-0.39, 0.29) is 24.3 Å². The van der Waals surface area contributed by atoms with E-state index in [4.69, 9.17) is 36.5 Å². The van der Waals surface area contributed by atoms with E-state index in [1.54, 1.807) is 12.1 Å². The molecule has 1 fully saturated rings. The molecule has 2 unspecified atom stereocenters.